The maximum atomic E-state index is 4.99. The third kappa shape index (κ3) is 2.68. The van der Waals surface area contributed by atoms with Gasteiger partial charge in [-0.1, -0.05) is 6.42 Å². The monoisotopic (exact) mass is 242 g/mol. The summed E-state index contributed by atoms with van der Waals surface area (Å²) in [6.07, 6.45) is 10.0. The molecule has 0 N–H and O–H groups in total. The summed E-state index contributed by atoms with van der Waals surface area (Å²) in [5.74, 6) is 1.71. The van der Waals surface area contributed by atoms with E-state index in [4.69, 9.17) is 16.0 Å². The SMILES string of the molecule is C#COOc1ccc(-c2ncc(OC)cn2)cc1. The third-order valence-corrected chi connectivity index (χ3v) is 2.16. The van der Waals surface area contributed by atoms with Gasteiger partial charge in [-0.2, -0.15) is 0 Å². The summed E-state index contributed by atoms with van der Waals surface area (Å²) < 4.78 is 4.99. The van der Waals surface area contributed by atoms with Crippen molar-refractivity contribution in [1.29, 1.82) is 0 Å². The number of ether oxygens (including phenoxy) is 1. The number of methoxy groups -OCH3 is 1. The Balaban J connectivity index is 2.15. The summed E-state index contributed by atoms with van der Waals surface area (Å²) in [4.78, 5) is 17.5. The third-order valence-electron chi connectivity index (χ3n) is 2.16. The molecule has 0 aliphatic carbocycles. The zero-order valence-corrected chi connectivity index (χ0v) is 9.66. The van der Waals surface area contributed by atoms with Gasteiger partial charge in [-0.05, 0) is 24.3 Å². The molecular formula is C13H10N2O3. The number of hydrogen-bond donors (Lipinski definition) is 0. The molecule has 0 amide bonds. The van der Waals surface area contributed by atoms with Crippen molar-refractivity contribution >= 4 is 0 Å². The van der Waals surface area contributed by atoms with Crippen molar-refractivity contribution in [2.75, 3.05) is 7.11 Å². The van der Waals surface area contributed by atoms with Gasteiger partial charge >= 0.3 is 0 Å². The van der Waals surface area contributed by atoms with E-state index in [-0.39, 0.29) is 0 Å². The minimum atomic E-state index is 0.505. The minimum absolute atomic E-state index is 0.505. The second-order valence-electron chi connectivity index (χ2n) is 3.26. The lowest BCUT2D eigenvalue weighted by molar-refractivity contribution is -0.133. The van der Waals surface area contributed by atoms with Gasteiger partial charge < -0.3 is 4.74 Å². The first-order valence-electron chi connectivity index (χ1n) is 5.09. The van der Waals surface area contributed by atoms with Crippen LogP contribution in [0.1, 0.15) is 0 Å². The van der Waals surface area contributed by atoms with Crippen LogP contribution in [0.25, 0.3) is 11.4 Å². The lowest BCUT2D eigenvalue weighted by Gasteiger charge is -2.03. The molecule has 2 rings (SSSR count). The smallest absolute Gasteiger partial charge is 0.179 e. The molecule has 0 atom stereocenters. The van der Waals surface area contributed by atoms with Crippen LogP contribution in [-0.2, 0) is 4.89 Å². The molecule has 0 bridgehead atoms. The van der Waals surface area contributed by atoms with Crippen molar-refractivity contribution in [2.24, 2.45) is 0 Å². The molecule has 5 nitrogen and oxygen atoms in total. The maximum absolute atomic E-state index is 4.99. The summed E-state index contributed by atoms with van der Waals surface area (Å²) in [6.45, 7) is 0. The molecule has 2 aromatic rings. The fourth-order valence-electron chi connectivity index (χ4n) is 1.30. The fraction of sp³-hybridized carbons (Fsp3) is 0.0769. The highest BCUT2D eigenvalue weighted by molar-refractivity contribution is 5.56. The zero-order valence-electron chi connectivity index (χ0n) is 9.66. The minimum Gasteiger partial charge on any atom is -0.494 e. The molecule has 0 aliphatic heterocycles. The predicted octanol–water partition coefficient (Wildman–Crippen LogP) is 2.05. The molecule has 0 unspecified atom stereocenters. The van der Waals surface area contributed by atoms with Gasteiger partial charge in [0.15, 0.2) is 23.4 Å². The molecule has 0 saturated heterocycles. The molecule has 0 fully saturated rings. The lowest BCUT2D eigenvalue weighted by Crippen LogP contribution is -1.92. The highest BCUT2D eigenvalue weighted by Gasteiger charge is 2.02. The standard InChI is InChI=1S/C13H10N2O3/c1-3-17-18-11-6-4-10(5-7-11)13-14-8-12(16-2)9-15-13/h1,4-9H,2H3. The van der Waals surface area contributed by atoms with Crippen LogP contribution in [-0.4, -0.2) is 17.1 Å². The summed E-state index contributed by atoms with van der Waals surface area (Å²) in [7, 11) is 1.57. The largest absolute Gasteiger partial charge is 0.494 e. The van der Waals surface area contributed by atoms with Crippen molar-refractivity contribution < 1.29 is 14.5 Å². The van der Waals surface area contributed by atoms with Gasteiger partial charge in [0.1, 0.15) is 0 Å². The highest BCUT2D eigenvalue weighted by Crippen LogP contribution is 2.20. The van der Waals surface area contributed by atoms with Gasteiger partial charge in [-0.15, -0.1) is 0 Å². The van der Waals surface area contributed by atoms with Crippen LogP contribution in [0.3, 0.4) is 0 Å². The summed E-state index contributed by atoms with van der Waals surface area (Å²) in [5, 5.41) is 0. The highest BCUT2D eigenvalue weighted by atomic mass is 17.2. The van der Waals surface area contributed by atoms with E-state index in [1.807, 2.05) is 6.11 Å². The van der Waals surface area contributed by atoms with Crippen LogP contribution in [0.15, 0.2) is 36.7 Å². The Morgan fingerprint density at radius 2 is 1.72 bits per heavy atom. The Morgan fingerprint density at radius 3 is 2.28 bits per heavy atom. The van der Waals surface area contributed by atoms with E-state index in [0.717, 1.165) is 5.56 Å². The first-order valence-corrected chi connectivity index (χ1v) is 5.09. The van der Waals surface area contributed by atoms with Crippen LogP contribution in [0, 0.1) is 12.5 Å². The van der Waals surface area contributed by atoms with Gasteiger partial charge in [-0.25, -0.2) is 14.9 Å². The molecular weight excluding hydrogens is 232 g/mol. The van der Waals surface area contributed by atoms with Crippen LogP contribution < -0.4 is 9.62 Å². The zero-order chi connectivity index (χ0) is 12.8. The Hall–Kier alpha value is -2.74. The van der Waals surface area contributed by atoms with Crippen molar-refractivity contribution in [3.8, 4) is 35.4 Å². The van der Waals surface area contributed by atoms with Crippen LogP contribution in [0.5, 0.6) is 11.5 Å². The van der Waals surface area contributed by atoms with E-state index >= 15 is 0 Å². The van der Waals surface area contributed by atoms with E-state index in [2.05, 4.69) is 14.9 Å². The Kier molecular flexibility index (Phi) is 3.62. The maximum Gasteiger partial charge on any atom is 0.179 e. The summed E-state index contributed by atoms with van der Waals surface area (Å²) in [6, 6.07) is 7.02. The Morgan fingerprint density at radius 1 is 1.06 bits per heavy atom. The van der Waals surface area contributed by atoms with Crippen LogP contribution >= 0.6 is 0 Å². The van der Waals surface area contributed by atoms with E-state index < -0.39 is 0 Å². The van der Waals surface area contributed by atoms with Gasteiger partial charge in [0.2, 0.25) is 0 Å². The molecule has 1 aromatic carbocycles. The van der Waals surface area contributed by atoms with E-state index in [0.29, 0.717) is 17.3 Å². The molecule has 18 heavy (non-hydrogen) atoms. The number of rotatable bonds is 4. The van der Waals surface area contributed by atoms with E-state index in [1.54, 1.807) is 43.8 Å². The van der Waals surface area contributed by atoms with Crippen LogP contribution in [0.2, 0.25) is 0 Å². The number of terminal acetylenes is 1. The Labute approximate surface area is 104 Å². The average molecular weight is 242 g/mol. The number of nitrogens with zero attached hydrogens (tertiary/aromatic N) is 2. The molecule has 0 radical (unpaired) electrons. The van der Waals surface area contributed by atoms with Crippen molar-refractivity contribution in [3.63, 3.8) is 0 Å². The van der Waals surface area contributed by atoms with Gasteiger partial charge in [0, 0.05) is 5.56 Å². The molecule has 0 saturated carbocycles. The van der Waals surface area contributed by atoms with Crippen molar-refractivity contribution in [1.82, 2.24) is 9.97 Å². The van der Waals surface area contributed by atoms with Crippen molar-refractivity contribution in [2.45, 2.75) is 0 Å². The molecule has 5 heteroatoms. The summed E-state index contributed by atoms with van der Waals surface area (Å²) >= 11 is 0. The fourth-order valence-corrected chi connectivity index (χ4v) is 1.30. The molecule has 0 aliphatic rings. The quantitative estimate of drug-likeness (QED) is 0.466. The number of hydrogen-bond acceptors (Lipinski definition) is 5. The average Bonchev–Trinajstić information content (AvgIpc) is 2.46. The van der Waals surface area contributed by atoms with Crippen LogP contribution in [0.4, 0.5) is 0 Å². The van der Waals surface area contributed by atoms with E-state index in [9.17, 15) is 0 Å². The molecule has 90 valence electrons. The first-order chi connectivity index (χ1) is 8.83. The van der Waals surface area contributed by atoms with Crippen molar-refractivity contribution in [3.05, 3.63) is 36.7 Å². The van der Waals surface area contributed by atoms with Gasteiger partial charge in [0.25, 0.3) is 0 Å². The predicted molar refractivity (Wildman–Crippen MR) is 64.6 cm³/mol. The second-order valence-corrected chi connectivity index (χ2v) is 3.26. The Bertz CT molecular complexity index is 544. The van der Waals surface area contributed by atoms with Gasteiger partial charge in [-0.3, -0.25) is 4.89 Å². The molecule has 1 aromatic heterocycles. The first kappa shape index (κ1) is 11.7. The number of aromatic nitrogens is 2. The van der Waals surface area contributed by atoms with E-state index in [1.165, 1.54) is 0 Å². The normalized spacial score (nSPS) is 9.33. The van der Waals surface area contributed by atoms with Gasteiger partial charge in [0.05, 0.1) is 19.5 Å². The topological polar surface area (TPSA) is 53.5 Å². The lowest BCUT2D eigenvalue weighted by atomic mass is 10.2. The molecule has 0 spiro atoms. The molecule has 1 heterocycles. The number of benzene rings is 1. The second kappa shape index (κ2) is 5.55. The summed E-state index contributed by atoms with van der Waals surface area (Å²) in [5.41, 5.74) is 0.853.